The van der Waals surface area contributed by atoms with Crippen LogP contribution in [0.5, 0.6) is 0 Å². The summed E-state index contributed by atoms with van der Waals surface area (Å²) in [5.74, 6) is 0. The van der Waals surface area contributed by atoms with Gasteiger partial charge in [-0.3, -0.25) is 0 Å². The molecule has 0 aromatic rings. The molecule has 2 atom stereocenters. The first-order valence-corrected chi connectivity index (χ1v) is 4.19. The lowest BCUT2D eigenvalue weighted by atomic mass is 10.2. The van der Waals surface area contributed by atoms with Crippen molar-refractivity contribution in [3.8, 4) is 0 Å². The molecule has 1 aliphatic heterocycles. The van der Waals surface area contributed by atoms with Crippen molar-refractivity contribution in [2.75, 3.05) is 13.1 Å². The molecular weight excluding hydrogens is 110 g/mol. The molecule has 9 heavy (non-hydrogen) atoms. The topological polar surface area (TPSA) is 4.44 Å². The lowest BCUT2D eigenvalue weighted by Crippen LogP contribution is -3.13. The fourth-order valence-corrected chi connectivity index (χ4v) is 1.78. The number of hydrogen-bond donors (Lipinski definition) is 1. The molecule has 1 N–H and O–H groups in total. The Balaban J connectivity index is 2.22. The SMILES string of the molecule is CCC[NH+]1CCCC1C. The number of likely N-dealkylation sites (tertiary alicyclic amines) is 1. The molecule has 0 saturated carbocycles. The maximum atomic E-state index is 2.37. The van der Waals surface area contributed by atoms with E-state index in [-0.39, 0.29) is 0 Å². The van der Waals surface area contributed by atoms with Gasteiger partial charge in [-0.1, -0.05) is 6.92 Å². The van der Waals surface area contributed by atoms with E-state index in [2.05, 4.69) is 13.8 Å². The Bertz CT molecular complexity index is 80.6. The number of hydrogen-bond acceptors (Lipinski definition) is 0. The van der Waals surface area contributed by atoms with Gasteiger partial charge < -0.3 is 4.90 Å². The van der Waals surface area contributed by atoms with E-state index in [1.165, 1.54) is 32.4 Å². The molecule has 1 saturated heterocycles. The largest absolute Gasteiger partial charge is 0.333 e. The van der Waals surface area contributed by atoms with E-state index in [0.29, 0.717) is 0 Å². The lowest BCUT2D eigenvalue weighted by molar-refractivity contribution is -0.910. The minimum Gasteiger partial charge on any atom is -0.333 e. The highest BCUT2D eigenvalue weighted by Gasteiger charge is 2.22. The Morgan fingerprint density at radius 3 is 2.78 bits per heavy atom. The van der Waals surface area contributed by atoms with Crippen LogP contribution < -0.4 is 4.90 Å². The zero-order valence-electron chi connectivity index (χ0n) is 6.61. The van der Waals surface area contributed by atoms with E-state index < -0.39 is 0 Å². The van der Waals surface area contributed by atoms with Crippen molar-refractivity contribution in [1.29, 1.82) is 0 Å². The molecule has 1 aliphatic rings. The summed E-state index contributed by atoms with van der Waals surface area (Å²) in [6.07, 6.45) is 4.26. The Morgan fingerprint density at radius 1 is 1.56 bits per heavy atom. The third-order valence-corrected chi connectivity index (χ3v) is 2.40. The van der Waals surface area contributed by atoms with Crippen LogP contribution >= 0.6 is 0 Å². The normalized spacial score (nSPS) is 35.3. The second kappa shape index (κ2) is 3.21. The summed E-state index contributed by atoms with van der Waals surface area (Å²) >= 11 is 0. The minimum atomic E-state index is 0.949. The van der Waals surface area contributed by atoms with Crippen molar-refractivity contribution < 1.29 is 4.90 Å². The van der Waals surface area contributed by atoms with Crippen molar-refractivity contribution in [1.82, 2.24) is 0 Å². The molecule has 0 amide bonds. The van der Waals surface area contributed by atoms with Crippen LogP contribution in [-0.2, 0) is 0 Å². The van der Waals surface area contributed by atoms with E-state index in [1.807, 2.05) is 4.90 Å². The van der Waals surface area contributed by atoms with Gasteiger partial charge in [0.2, 0.25) is 0 Å². The second-order valence-electron chi connectivity index (χ2n) is 3.20. The molecule has 54 valence electrons. The van der Waals surface area contributed by atoms with Gasteiger partial charge in [-0.15, -0.1) is 0 Å². The van der Waals surface area contributed by atoms with Crippen LogP contribution in [0.2, 0.25) is 0 Å². The van der Waals surface area contributed by atoms with Gasteiger partial charge in [0, 0.05) is 12.8 Å². The minimum absolute atomic E-state index is 0.949. The van der Waals surface area contributed by atoms with Crippen LogP contribution in [0.15, 0.2) is 0 Å². The zero-order chi connectivity index (χ0) is 6.69. The quantitative estimate of drug-likeness (QED) is 0.551. The Kier molecular flexibility index (Phi) is 2.52. The molecule has 0 aliphatic carbocycles. The van der Waals surface area contributed by atoms with Gasteiger partial charge in [0.05, 0.1) is 19.1 Å². The molecule has 1 nitrogen and oxygen atoms in total. The summed E-state index contributed by atoms with van der Waals surface area (Å²) in [6.45, 7) is 7.46. The van der Waals surface area contributed by atoms with E-state index in [4.69, 9.17) is 0 Å². The first-order valence-electron chi connectivity index (χ1n) is 4.19. The first-order chi connectivity index (χ1) is 4.34. The van der Waals surface area contributed by atoms with E-state index >= 15 is 0 Å². The Hall–Kier alpha value is -0.0400. The second-order valence-corrected chi connectivity index (χ2v) is 3.20. The van der Waals surface area contributed by atoms with Crippen molar-refractivity contribution in [2.45, 2.75) is 39.2 Å². The highest BCUT2D eigenvalue weighted by Crippen LogP contribution is 1.97. The van der Waals surface area contributed by atoms with Crippen LogP contribution in [0.4, 0.5) is 0 Å². The van der Waals surface area contributed by atoms with Gasteiger partial charge in [-0.25, -0.2) is 0 Å². The Labute approximate surface area is 58.0 Å². The highest BCUT2D eigenvalue weighted by atomic mass is 15.2. The number of nitrogens with one attached hydrogen (secondary N) is 1. The van der Waals surface area contributed by atoms with Crippen molar-refractivity contribution in [3.63, 3.8) is 0 Å². The molecule has 1 heteroatoms. The molecule has 0 aromatic carbocycles. The number of quaternary nitrogens is 1. The summed E-state index contributed by atoms with van der Waals surface area (Å²) in [5.41, 5.74) is 0. The molecule has 0 spiro atoms. The summed E-state index contributed by atoms with van der Waals surface area (Å²) in [7, 11) is 0. The van der Waals surface area contributed by atoms with Crippen LogP contribution in [0.25, 0.3) is 0 Å². The van der Waals surface area contributed by atoms with Gasteiger partial charge in [-0.2, -0.15) is 0 Å². The van der Waals surface area contributed by atoms with E-state index in [0.717, 1.165) is 6.04 Å². The highest BCUT2D eigenvalue weighted by molar-refractivity contribution is 4.55. The molecule has 0 aromatic heterocycles. The predicted octanol–water partition coefficient (Wildman–Crippen LogP) is 0.464. The smallest absolute Gasteiger partial charge is 0.0848 e. The van der Waals surface area contributed by atoms with Gasteiger partial charge in [0.25, 0.3) is 0 Å². The molecule has 0 radical (unpaired) electrons. The van der Waals surface area contributed by atoms with Crippen LogP contribution in [0.3, 0.4) is 0 Å². The first kappa shape index (κ1) is 7.07. The average molecular weight is 128 g/mol. The van der Waals surface area contributed by atoms with Crippen LogP contribution in [-0.4, -0.2) is 19.1 Å². The molecule has 1 heterocycles. The van der Waals surface area contributed by atoms with Gasteiger partial charge >= 0.3 is 0 Å². The van der Waals surface area contributed by atoms with Crippen molar-refractivity contribution in [3.05, 3.63) is 0 Å². The number of rotatable bonds is 2. The molecule has 1 rings (SSSR count). The maximum Gasteiger partial charge on any atom is 0.0848 e. The van der Waals surface area contributed by atoms with E-state index in [1.54, 1.807) is 0 Å². The summed E-state index contributed by atoms with van der Waals surface area (Å²) in [6, 6.07) is 0.949. The zero-order valence-corrected chi connectivity index (χ0v) is 6.61. The van der Waals surface area contributed by atoms with Crippen molar-refractivity contribution in [2.24, 2.45) is 0 Å². The fourth-order valence-electron chi connectivity index (χ4n) is 1.78. The fraction of sp³-hybridized carbons (Fsp3) is 1.00. The summed E-state index contributed by atoms with van der Waals surface area (Å²) in [5, 5.41) is 0. The third-order valence-electron chi connectivity index (χ3n) is 2.40. The van der Waals surface area contributed by atoms with Gasteiger partial charge in [0.15, 0.2) is 0 Å². The van der Waals surface area contributed by atoms with E-state index in [9.17, 15) is 0 Å². The predicted molar refractivity (Wildman–Crippen MR) is 39.7 cm³/mol. The summed E-state index contributed by atoms with van der Waals surface area (Å²) in [4.78, 5) is 1.83. The van der Waals surface area contributed by atoms with Gasteiger partial charge in [0.1, 0.15) is 0 Å². The third kappa shape index (κ3) is 1.68. The monoisotopic (exact) mass is 128 g/mol. The lowest BCUT2D eigenvalue weighted by Gasteiger charge is -2.16. The Morgan fingerprint density at radius 2 is 2.33 bits per heavy atom. The standard InChI is InChI=1S/C8H17N/c1-3-6-9-7-4-5-8(9)2/h8H,3-7H2,1-2H3/p+1. The van der Waals surface area contributed by atoms with Gasteiger partial charge in [-0.05, 0) is 13.3 Å². The maximum absolute atomic E-state index is 2.37. The molecule has 0 bridgehead atoms. The summed E-state index contributed by atoms with van der Waals surface area (Å²) < 4.78 is 0. The molecule has 1 fully saturated rings. The molecular formula is C8H18N+. The van der Waals surface area contributed by atoms with Crippen molar-refractivity contribution >= 4 is 0 Å². The van der Waals surface area contributed by atoms with Crippen LogP contribution in [0.1, 0.15) is 33.1 Å². The van der Waals surface area contributed by atoms with Crippen LogP contribution in [0, 0.1) is 0 Å². The molecule has 2 unspecified atom stereocenters. The average Bonchev–Trinajstić information content (AvgIpc) is 2.18.